The first-order valence-corrected chi connectivity index (χ1v) is 7.20. The van der Waals surface area contributed by atoms with Crippen LogP contribution in [-0.4, -0.2) is 5.16 Å². The number of hydrogen-bond acceptors (Lipinski definition) is 3. The van der Waals surface area contributed by atoms with E-state index in [0.717, 1.165) is 10.0 Å². The maximum absolute atomic E-state index is 13.4. The number of hydrogen-bond donors (Lipinski definition) is 1. The van der Waals surface area contributed by atoms with Crippen molar-refractivity contribution in [1.82, 2.24) is 5.16 Å². The number of aromatic nitrogens is 1. The van der Waals surface area contributed by atoms with Crippen molar-refractivity contribution in [2.75, 3.05) is 5.73 Å². The van der Waals surface area contributed by atoms with E-state index >= 15 is 0 Å². The first-order chi connectivity index (χ1) is 10.1. The summed E-state index contributed by atoms with van der Waals surface area (Å²) in [7, 11) is 0. The molecule has 0 atom stereocenters. The highest BCUT2D eigenvalue weighted by molar-refractivity contribution is 9.10. The SMILES string of the molecule is Nc1onc(-c2cc(Cl)ccc2Br)c1-c1cccc(F)c1. The highest BCUT2D eigenvalue weighted by atomic mass is 79.9. The summed E-state index contributed by atoms with van der Waals surface area (Å²) in [6.45, 7) is 0. The zero-order valence-corrected chi connectivity index (χ0v) is 13.0. The van der Waals surface area contributed by atoms with Crippen LogP contribution < -0.4 is 5.73 Å². The van der Waals surface area contributed by atoms with Crippen molar-refractivity contribution in [2.24, 2.45) is 0 Å². The third-order valence-corrected chi connectivity index (χ3v) is 3.94. The van der Waals surface area contributed by atoms with Gasteiger partial charge in [-0.15, -0.1) is 0 Å². The number of nitrogens with two attached hydrogens (primary N) is 1. The molecule has 0 saturated carbocycles. The summed E-state index contributed by atoms with van der Waals surface area (Å²) < 4.78 is 19.3. The van der Waals surface area contributed by atoms with Crippen molar-refractivity contribution < 1.29 is 8.91 Å². The molecule has 0 spiro atoms. The lowest BCUT2D eigenvalue weighted by atomic mass is 10.0. The lowest BCUT2D eigenvalue weighted by molar-refractivity contribution is 0.439. The first-order valence-electron chi connectivity index (χ1n) is 6.03. The molecule has 3 aromatic rings. The zero-order chi connectivity index (χ0) is 15.0. The second-order valence-electron chi connectivity index (χ2n) is 4.40. The normalized spacial score (nSPS) is 10.8. The molecule has 0 aliphatic carbocycles. The van der Waals surface area contributed by atoms with E-state index in [4.69, 9.17) is 21.9 Å². The number of rotatable bonds is 2. The molecular formula is C15H9BrClFN2O. The first kappa shape index (κ1) is 14.1. The molecule has 0 unspecified atom stereocenters. The summed E-state index contributed by atoms with van der Waals surface area (Å²) in [4.78, 5) is 0. The van der Waals surface area contributed by atoms with E-state index in [2.05, 4.69) is 21.1 Å². The second-order valence-corrected chi connectivity index (χ2v) is 5.70. The minimum absolute atomic E-state index is 0.127. The zero-order valence-electron chi connectivity index (χ0n) is 10.6. The van der Waals surface area contributed by atoms with Crippen LogP contribution in [0.4, 0.5) is 10.3 Å². The molecule has 3 nitrogen and oxygen atoms in total. The predicted molar refractivity (Wildman–Crippen MR) is 84.5 cm³/mol. The fraction of sp³-hybridized carbons (Fsp3) is 0. The average Bonchev–Trinajstić information content (AvgIpc) is 2.83. The van der Waals surface area contributed by atoms with Gasteiger partial charge in [0.2, 0.25) is 5.88 Å². The number of halogens is 3. The van der Waals surface area contributed by atoms with E-state index in [1.54, 1.807) is 30.3 Å². The van der Waals surface area contributed by atoms with Gasteiger partial charge in [-0.2, -0.15) is 0 Å². The molecule has 1 heterocycles. The van der Waals surface area contributed by atoms with Gasteiger partial charge < -0.3 is 10.3 Å². The van der Waals surface area contributed by atoms with Crippen LogP contribution in [0.5, 0.6) is 0 Å². The molecule has 21 heavy (non-hydrogen) atoms. The van der Waals surface area contributed by atoms with E-state index in [9.17, 15) is 4.39 Å². The Labute approximate surface area is 133 Å². The lowest BCUT2D eigenvalue weighted by Crippen LogP contribution is -1.89. The van der Waals surface area contributed by atoms with Crippen molar-refractivity contribution in [2.45, 2.75) is 0 Å². The van der Waals surface area contributed by atoms with Gasteiger partial charge in [0, 0.05) is 15.1 Å². The van der Waals surface area contributed by atoms with E-state index in [0.29, 0.717) is 21.8 Å². The van der Waals surface area contributed by atoms with Gasteiger partial charge in [-0.3, -0.25) is 0 Å². The van der Waals surface area contributed by atoms with Crippen LogP contribution in [0.1, 0.15) is 0 Å². The Hall–Kier alpha value is -1.85. The molecule has 3 rings (SSSR count). The van der Waals surface area contributed by atoms with Crippen LogP contribution >= 0.6 is 27.5 Å². The Morgan fingerprint density at radius 1 is 1.19 bits per heavy atom. The molecule has 0 aliphatic heterocycles. The largest absolute Gasteiger partial charge is 0.367 e. The molecule has 0 bridgehead atoms. The summed E-state index contributed by atoms with van der Waals surface area (Å²) in [5.41, 5.74) is 8.21. The van der Waals surface area contributed by atoms with Gasteiger partial charge in [-0.1, -0.05) is 44.8 Å². The molecule has 0 aliphatic rings. The standard InChI is InChI=1S/C15H9BrClFN2O/c16-12-5-4-9(17)7-11(12)14-13(15(19)21-20-14)8-2-1-3-10(18)6-8/h1-7H,19H2. The van der Waals surface area contributed by atoms with Gasteiger partial charge in [-0.25, -0.2) is 4.39 Å². The van der Waals surface area contributed by atoms with E-state index < -0.39 is 0 Å². The van der Waals surface area contributed by atoms with Crippen LogP contribution in [0.15, 0.2) is 51.5 Å². The van der Waals surface area contributed by atoms with Crippen molar-refractivity contribution in [3.05, 3.63) is 57.8 Å². The summed E-state index contributed by atoms with van der Waals surface area (Å²) in [6.07, 6.45) is 0. The summed E-state index contributed by atoms with van der Waals surface area (Å²) >= 11 is 9.47. The lowest BCUT2D eigenvalue weighted by Gasteiger charge is -2.05. The smallest absolute Gasteiger partial charge is 0.230 e. The van der Waals surface area contributed by atoms with Gasteiger partial charge in [0.25, 0.3) is 0 Å². The fourth-order valence-electron chi connectivity index (χ4n) is 2.09. The van der Waals surface area contributed by atoms with E-state index in [1.165, 1.54) is 12.1 Å². The molecule has 0 saturated heterocycles. The molecule has 106 valence electrons. The van der Waals surface area contributed by atoms with Crippen LogP contribution in [0.2, 0.25) is 5.02 Å². The molecular weight excluding hydrogens is 359 g/mol. The maximum Gasteiger partial charge on any atom is 0.230 e. The number of anilines is 1. The fourth-order valence-corrected chi connectivity index (χ4v) is 2.70. The molecule has 0 radical (unpaired) electrons. The Morgan fingerprint density at radius 3 is 2.76 bits per heavy atom. The van der Waals surface area contributed by atoms with Gasteiger partial charge in [0.1, 0.15) is 11.5 Å². The third-order valence-electron chi connectivity index (χ3n) is 3.02. The van der Waals surface area contributed by atoms with E-state index in [1.807, 2.05) is 0 Å². The Balaban J connectivity index is 2.24. The number of nitrogens with zero attached hydrogens (tertiary/aromatic N) is 1. The summed E-state index contributed by atoms with van der Waals surface area (Å²) in [5, 5.41) is 4.54. The minimum Gasteiger partial charge on any atom is -0.367 e. The van der Waals surface area contributed by atoms with Gasteiger partial charge in [0.15, 0.2) is 0 Å². The van der Waals surface area contributed by atoms with Crippen molar-refractivity contribution in [3.8, 4) is 22.4 Å². The highest BCUT2D eigenvalue weighted by Crippen LogP contribution is 2.40. The van der Waals surface area contributed by atoms with Crippen molar-refractivity contribution >= 4 is 33.4 Å². The molecule has 1 aromatic heterocycles. The Morgan fingerprint density at radius 2 is 2.00 bits per heavy atom. The van der Waals surface area contributed by atoms with Gasteiger partial charge >= 0.3 is 0 Å². The summed E-state index contributed by atoms with van der Waals surface area (Å²) in [6, 6.07) is 11.4. The topological polar surface area (TPSA) is 52.0 Å². The molecule has 2 aromatic carbocycles. The number of nitrogen functional groups attached to an aromatic ring is 1. The Kier molecular flexibility index (Phi) is 3.69. The third kappa shape index (κ3) is 2.66. The second kappa shape index (κ2) is 5.50. The summed E-state index contributed by atoms with van der Waals surface area (Å²) in [5.74, 6) is -0.230. The minimum atomic E-state index is -0.357. The van der Waals surface area contributed by atoms with Crippen molar-refractivity contribution in [3.63, 3.8) is 0 Å². The predicted octanol–water partition coefficient (Wildman–Crippen LogP) is 5.15. The highest BCUT2D eigenvalue weighted by Gasteiger charge is 2.19. The van der Waals surface area contributed by atoms with Gasteiger partial charge in [0.05, 0.1) is 5.56 Å². The van der Waals surface area contributed by atoms with Crippen LogP contribution in [-0.2, 0) is 0 Å². The molecule has 0 fully saturated rings. The maximum atomic E-state index is 13.4. The van der Waals surface area contributed by atoms with Crippen LogP contribution in [0.3, 0.4) is 0 Å². The monoisotopic (exact) mass is 366 g/mol. The van der Waals surface area contributed by atoms with Gasteiger partial charge in [-0.05, 0) is 35.9 Å². The average molecular weight is 368 g/mol. The number of benzene rings is 2. The quantitative estimate of drug-likeness (QED) is 0.682. The van der Waals surface area contributed by atoms with Crippen LogP contribution in [0.25, 0.3) is 22.4 Å². The molecule has 0 amide bonds. The van der Waals surface area contributed by atoms with Crippen molar-refractivity contribution in [1.29, 1.82) is 0 Å². The Bertz CT molecular complexity index is 819. The molecule has 2 N–H and O–H groups in total. The van der Waals surface area contributed by atoms with Crippen LogP contribution in [0, 0.1) is 5.82 Å². The van der Waals surface area contributed by atoms with E-state index in [-0.39, 0.29) is 11.7 Å². The molecule has 6 heteroatoms.